The number of carbonyl (C=O) groups is 1. The molecule has 2 heterocycles. The van der Waals surface area contributed by atoms with E-state index in [-0.39, 0.29) is 12.5 Å². The van der Waals surface area contributed by atoms with Gasteiger partial charge >= 0.3 is 0 Å². The number of hydrogen-bond acceptors (Lipinski definition) is 5. The summed E-state index contributed by atoms with van der Waals surface area (Å²) < 4.78 is 16.8. The first-order valence-corrected chi connectivity index (χ1v) is 9.29. The SMILES string of the molecule is COc1ccccc1N1CC[C@H](CNC(=O)[C@H]2COc3ccccc3O2)C1. The van der Waals surface area contributed by atoms with E-state index >= 15 is 0 Å². The second kappa shape index (κ2) is 7.78. The Labute approximate surface area is 159 Å². The summed E-state index contributed by atoms with van der Waals surface area (Å²) in [6.07, 6.45) is 0.426. The highest BCUT2D eigenvalue weighted by molar-refractivity contribution is 5.81. The Hall–Kier alpha value is -2.89. The van der Waals surface area contributed by atoms with Crippen LogP contribution in [0.1, 0.15) is 6.42 Å². The molecule has 0 bridgehead atoms. The van der Waals surface area contributed by atoms with Crippen LogP contribution in [0.5, 0.6) is 17.2 Å². The van der Waals surface area contributed by atoms with E-state index in [1.54, 1.807) is 7.11 Å². The Morgan fingerprint density at radius 2 is 1.96 bits per heavy atom. The van der Waals surface area contributed by atoms with E-state index in [0.717, 1.165) is 30.9 Å². The van der Waals surface area contributed by atoms with Gasteiger partial charge in [0.1, 0.15) is 12.4 Å². The van der Waals surface area contributed by atoms with Crippen LogP contribution in [0.15, 0.2) is 48.5 Å². The van der Waals surface area contributed by atoms with Gasteiger partial charge in [0, 0.05) is 19.6 Å². The quantitative estimate of drug-likeness (QED) is 0.879. The minimum Gasteiger partial charge on any atom is -0.495 e. The number of fused-ring (bicyclic) bond motifs is 1. The molecule has 0 aliphatic carbocycles. The first-order valence-electron chi connectivity index (χ1n) is 9.29. The van der Waals surface area contributed by atoms with Crippen molar-refractivity contribution in [1.29, 1.82) is 0 Å². The molecule has 27 heavy (non-hydrogen) atoms. The van der Waals surface area contributed by atoms with Crippen molar-refractivity contribution in [2.45, 2.75) is 12.5 Å². The van der Waals surface area contributed by atoms with Crippen molar-refractivity contribution in [2.24, 2.45) is 5.92 Å². The number of methoxy groups -OCH3 is 1. The van der Waals surface area contributed by atoms with E-state index in [9.17, 15) is 4.79 Å². The summed E-state index contributed by atoms with van der Waals surface area (Å²) in [5.41, 5.74) is 1.11. The fourth-order valence-electron chi connectivity index (χ4n) is 3.62. The van der Waals surface area contributed by atoms with E-state index < -0.39 is 6.10 Å². The van der Waals surface area contributed by atoms with Crippen LogP contribution in [0.2, 0.25) is 0 Å². The second-order valence-corrected chi connectivity index (χ2v) is 6.88. The van der Waals surface area contributed by atoms with Crippen molar-refractivity contribution in [1.82, 2.24) is 5.32 Å². The lowest BCUT2D eigenvalue weighted by atomic mass is 10.1. The van der Waals surface area contributed by atoms with Gasteiger partial charge in [-0.1, -0.05) is 24.3 Å². The lowest BCUT2D eigenvalue weighted by Crippen LogP contribution is -2.45. The number of hydrogen-bond donors (Lipinski definition) is 1. The standard InChI is InChI=1S/C21H24N2O4/c1-25-17-7-3-2-6-16(17)23-11-10-15(13-23)12-22-21(24)20-14-26-18-8-4-5-9-19(18)27-20/h2-9,15,20H,10-14H2,1H3,(H,22,24)/t15-,20-/m1/s1. The first-order chi connectivity index (χ1) is 13.2. The van der Waals surface area contributed by atoms with Gasteiger partial charge in [0.2, 0.25) is 6.10 Å². The Morgan fingerprint density at radius 1 is 1.19 bits per heavy atom. The van der Waals surface area contributed by atoms with Gasteiger partial charge in [0.15, 0.2) is 11.5 Å². The molecule has 0 saturated carbocycles. The number of anilines is 1. The monoisotopic (exact) mass is 368 g/mol. The lowest BCUT2D eigenvalue weighted by molar-refractivity contribution is -0.130. The molecular formula is C21H24N2O4. The lowest BCUT2D eigenvalue weighted by Gasteiger charge is -2.26. The summed E-state index contributed by atoms with van der Waals surface area (Å²) >= 11 is 0. The Morgan fingerprint density at radius 3 is 2.81 bits per heavy atom. The number of para-hydroxylation sites is 4. The van der Waals surface area contributed by atoms with Gasteiger partial charge in [-0.25, -0.2) is 0 Å². The number of ether oxygens (including phenoxy) is 3. The Balaban J connectivity index is 1.29. The molecular weight excluding hydrogens is 344 g/mol. The van der Waals surface area contributed by atoms with Crippen LogP contribution in [-0.2, 0) is 4.79 Å². The molecule has 0 spiro atoms. The zero-order valence-electron chi connectivity index (χ0n) is 15.4. The van der Waals surface area contributed by atoms with Crippen LogP contribution in [0.3, 0.4) is 0 Å². The fraction of sp³-hybridized carbons (Fsp3) is 0.381. The number of amides is 1. The molecule has 1 N–H and O–H groups in total. The van der Waals surface area contributed by atoms with Crippen LogP contribution in [-0.4, -0.2) is 45.4 Å². The van der Waals surface area contributed by atoms with Crippen LogP contribution in [0.25, 0.3) is 0 Å². The third-order valence-electron chi connectivity index (χ3n) is 5.08. The maximum atomic E-state index is 12.5. The van der Waals surface area contributed by atoms with Crippen molar-refractivity contribution in [3.8, 4) is 17.2 Å². The topological polar surface area (TPSA) is 60.0 Å². The van der Waals surface area contributed by atoms with Gasteiger partial charge < -0.3 is 24.4 Å². The molecule has 6 nitrogen and oxygen atoms in total. The molecule has 0 unspecified atom stereocenters. The summed E-state index contributed by atoms with van der Waals surface area (Å²) in [4.78, 5) is 14.8. The van der Waals surface area contributed by atoms with Gasteiger partial charge in [-0.3, -0.25) is 4.79 Å². The van der Waals surface area contributed by atoms with Crippen LogP contribution in [0, 0.1) is 5.92 Å². The van der Waals surface area contributed by atoms with Crippen molar-refractivity contribution < 1.29 is 19.0 Å². The molecule has 0 aromatic heterocycles. The number of nitrogens with one attached hydrogen (secondary N) is 1. The normalized spacial score (nSPS) is 21.0. The Kier molecular flexibility index (Phi) is 5.05. The molecule has 1 fully saturated rings. The molecule has 6 heteroatoms. The zero-order chi connectivity index (χ0) is 18.6. The molecule has 2 atom stereocenters. The van der Waals surface area contributed by atoms with E-state index in [1.807, 2.05) is 42.5 Å². The maximum Gasteiger partial charge on any atom is 0.264 e. The first kappa shape index (κ1) is 17.5. The summed E-state index contributed by atoms with van der Waals surface area (Å²) in [7, 11) is 1.69. The van der Waals surface area contributed by atoms with Crippen molar-refractivity contribution in [3.05, 3.63) is 48.5 Å². The summed E-state index contributed by atoms with van der Waals surface area (Å²) in [6.45, 7) is 2.72. The molecule has 1 saturated heterocycles. The molecule has 2 aliphatic rings. The molecule has 1 amide bonds. The number of rotatable bonds is 5. The smallest absolute Gasteiger partial charge is 0.264 e. The van der Waals surface area contributed by atoms with Gasteiger partial charge in [-0.05, 0) is 36.6 Å². The predicted octanol–water partition coefficient (Wildman–Crippen LogP) is 2.48. The number of benzene rings is 2. The van der Waals surface area contributed by atoms with Crippen LogP contribution < -0.4 is 24.4 Å². The molecule has 4 rings (SSSR count). The average molecular weight is 368 g/mol. The third kappa shape index (κ3) is 3.79. The molecule has 2 aromatic rings. The molecule has 2 aromatic carbocycles. The minimum atomic E-state index is -0.605. The second-order valence-electron chi connectivity index (χ2n) is 6.88. The van der Waals surface area contributed by atoms with Gasteiger partial charge in [-0.15, -0.1) is 0 Å². The van der Waals surface area contributed by atoms with Crippen molar-refractivity contribution in [2.75, 3.05) is 38.3 Å². The highest BCUT2D eigenvalue weighted by Gasteiger charge is 2.29. The van der Waals surface area contributed by atoms with E-state index in [0.29, 0.717) is 24.0 Å². The minimum absolute atomic E-state index is 0.125. The van der Waals surface area contributed by atoms with Gasteiger partial charge in [0.25, 0.3) is 5.91 Å². The largest absolute Gasteiger partial charge is 0.495 e. The maximum absolute atomic E-state index is 12.5. The third-order valence-corrected chi connectivity index (χ3v) is 5.08. The summed E-state index contributed by atoms with van der Waals surface area (Å²) in [6, 6.07) is 15.5. The van der Waals surface area contributed by atoms with Gasteiger partial charge in [0.05, 0.1) is 12.8 Å². The molecule has 142 valence electrons. The predicted molar refractivity (Wildman–Crippen MR) is 103 cm³/mol. The van der Waals surface area contributed by atoms with E-state index in [2.05, 4.69) is 16.3 Å². The van der Waals surface area contributed by atoms with E-state index in [1.165, 1.54) is 0 Å². The summed E-state index contributed by atoms with van der Waals surface area (Å²) in [5.74, 6) is 2.46. The molecule has 0 radical (unpaired) electrons. The van der Waals surface area contributed by atoms with Crippen molar-refractivity contribution >= 4 is 11.6 Å². The van der Waals surface area contributed by atoms with Gasteiger partial charge in [-0.2, -0.15) is 0 Å². The fourth-order valence-corrected chi connectivity index (χ4v) is 3.62. The highest BCUT2D eigenvalue weighted by atomic mass is 16.6. The van der Waals surface area contributed by atoms with E-state index in [4.69, 9.17) is 14.2 Å². The molecule has 2 aliphatic heterocycles. The Bertz CT molecular complexity index is 810. The highest BCUT2D eigenvalue weighted by Crippen LogP contribution is 2.32. The van der Waals surface area contributed by atoms with Crippen molar-refractivity contribution in [3.63, 3.8) is 0 Å². The van der Waals surface area contributed by atoms with Crippen LogP contribution in [0.4, 0.5) is 5.69 Å². The number of nitrogens with zero attached hydrogens (tertiary/aromatic N) is 1. The summed E-state index contributed by atoms with van der Waals surface area (Å²) in [5, 5.41) is 3.02. The van der Waals surface area contributed by atoms with Crippen LogP contribution >= 0.6 is 0 Å². The zero-order valence-corrected chi connectivity index (χ0v) is 15.4. The average Bonchev–Trinajstić information content (AvgIpc) is 3.20. The number of carbonyl (C=O) groups excluding carboxylic acids is 1.